The summed E-state index contributed by atoms with van der Waals surface area (Å²) < 4.78 is 0. The van der Waals surface area contributed by atoms with E-state index in [1.54, 1.807) is 0 Å². The molecule has 1 N–H and O–H groups in total. The highest BCUT2D eigenvalue weighted by molar-refractivity contribution is 5.95. The van der Waals surface area contributed by atoms with Crippen molar-refractivity contribution in [2.24, 2.45) is 0 Å². The second-order valence-corrected chi connectivity index (χ2v) is 11.7. The van der Waals surface area contributed by atoms with Gasteiger partial charge in [-0.1, -0.05) is 181 Å². The van der Waals surface area contributed by atoms with Crippen LogP contribution in [0.25, 0.3) is 0 Å². The maximum absolute atomic E-state index is 12.0. The van der Waals surface area contributed by atoms with E-state index >= 15 is 0 Å². The Balaban J connectivity index is 3.28. The molecule has 0 fully saturated rings. The number of hydrogen-bond donors (Lipinski definition) is 1. The zero-order valence-electron chi connectivity index (χ0n) is 25.5. The zero-order chi connectivity index (χ0) is 27.1. The quantitative estimate of drug-likeness (QED) is 0.0955. The number of imide groups is 1. The van der Waals surface area contributed by atoms with Crippen LogP contribution in [-0.4, -0.2) is 11.8 Å². The van der Waals surface area contributed by atoms with Crippen molar-refractivity contribution in [2.75, 3.05) is 0 Å². The van der Waals surface area contributed by atoms with Crippen molar-refractivity contribution in [1.82, 2.24) is 5.32 Å². The lowest BCUT2D eigenvalue weighted by Gasteiger charge is -2.05. The lowest BCUT2D eigenvalue weighted by molar-refractivity contribution is -0.130. The average Bonchev–Trinajstić information content (AvgIpc) is 2.89. The Hall–Kier alpha value is -0.860. The molecule has 37 heavy (non-hydrogen) atoms. The SMILES string of the molecule is CCCCCCCCCCCCCCCCCC(=O)NC(=O)CCCCCCCCCCCCCCC. The normalized spacial score (nSPS) is 11.2. The molecule has 0 unspecified atom stereocenters. The molecule has 0 aliphatic rings. The van der Waals surface area contributed by atoms with Crippen LogP contribution in [0, 0.1) is 0 Å². The van der Waals surface area contributed by atoms with E-state index in [4.69, 9.17) is 0 Å². The minimum atomic E-state index is -0.0750. The lowest BCUT2D eigenvalue weighted by Crippen LogP contribution is -2.29. The molecule has 2 amide bonds. The molecule has 0 aromatic rings. The summed E-state index contributed by atoms with van der Waals surface area (Å²) in [7, 11) is 0. The van der Waals surface area contributed by atoms with Gasteiger partial charge in [0.25, 0.3) is 0 Å². The fourth-order valence-corrected chi connectivity index (χ4v) is 5.24. The third-order valence-electron chi connectivity index (χ3n) is 7.79. The number of carbonyl (C=O) groups excluding carboxylic acids is 2. The molecule has 0 heterocycles. The number of carbonyl (C=O) groups is 2. The Morgan fingerprint density at radius 1 is 0.324 bits per heavy atom. The highest BCUT2D eigenvalue weighted by atomic mass is 16.2. The van der Waals surface area contributed by atoms with Gasteiger partial charge in [0.1, 0.15) is 0 Å². The Morgan fingerprint density at radius 3 is 0.730 bits per heavy atom. The standard InChI is InChI=1S/C34H67NO2/c1-3-5-7-9-11-13-15-17-18-20-22-24-26-28-30-32-34(37)35-33(36)31-29-27-25-23-21-19-16-14-12-10-8-6-4-2/h3-32H2,1-2H3,(H,35,36,37). The zero-order valence-corrected chi connectivity index (χ0v) is 25.5. The van der Waals surface area contributed by atoms with Gasteiger partial charge in [-0.05, 0) is 12.8 Å². The minimum Gasteiger partial charge on any atom is -0.296 e. The molecular formula is C34H67NO2. The fraction of sp³-hybridized carbons (Fsp3) is 0.941. The summed E-state index contributed by atoms with van der Waals surface area (Å²) in [5, 5.41) is 2.60. The molecular weight excluding hydrogens is 454 g/mol. The first-order valence-corrected chi connectivity index (χ1v) is 17.0. The Kier molecular flexibility index (Phi) is 30.6. The third kappa shape index (κ3) is 31.3. The summed E-state index contributed by atoms with van der Waals surface area (Å²) in [5.41, 5.74) is 0. The van der Waals surface area contributed by atoms with E-state index < -0.39 is 0 Å². The van der Waals surface area contributed by atoms with Gasteiger partial charge >= 0.3 is 0 Å². The molecule has 3 heteroatoms. The first-order valence-electron chi connectivity index (χ1n) is 17.0. The maximum Gasteiger partial charge on any atom is 0.226 e. The van der Waals surface area contributed by atoms with Crippen LogP contribution < -0.4 is 5.32 Å². The third-order valence-corrected chi connectivity index (χ3v) is 7.79. The summed E-state index contributed by atoms with van der Waals surface area (Å²) in [5.74, 6) is -0.150. The molecule has 0 radical (unpaired) electrons. The highest BCUT2D eigenvalue weighted by Gasteiger charge is 2.07. The highest BCUT2D eigenvalue weighted by Crippen LogP contribution is 2.15. The Bertz CT molecular complexity index is 476. The molecule has 0 spiro atoms. The molecule has 220 valence electrons. The van der Waals surface area contributed by atoms with Crippen molar-refractivity contribution in [3.8, 4) is 0 Å². The van der Waals surface area contributed by atoms with Gasteiger partial charge in [-0.2, -0.15) is 0 Å². The summed E-state index contributed by atoms with van der Waals surface area (Å²) in [6.07, 6.45) is 37.9. The fourth-order valence-electron chi connectivity index (χ4n) is 5.24. The van der Waals surface area contributed by atoms with Crippen LogP contribution in [0.5, 0.6) is 0 Å². The van der Waals surface area contributed by atoms with Crippen LogP contribution in [0.3, 0.4) is 0 Å². The van der Waals surface area contributed by atoms with E-state index in [-0.39, 0.29) is 11.8 Å². The van der Waals surface area contributed by atoms with Crippen LogP contribution in [-0.2, 0) is 9.59 Å². The Morgan fingerprint density at radius 2 is 0.514 bits per heavy atom. The van der Waals surface area contributed by atoms with Crippen LogP contribution in [0.15, 0.2) is 0 Å². The first-order chi connectivity index (χ1) is 18.2. The van der Waals surface area contributed by atoms with Gasteiger partial charge < -0.3 is 0 Å². The van der Waals surface area contributed by atoms with Gasteiger partial charge in [0.2, 0.25) is 11.8 Å². The average molecular weight is 522 g/mol. The van der Waals surface area contributed by atoms with Crippen LogP contribution in [0.4, 0.5) is 0 Å². The summed E-state index contributed by atoms with van der Waals surface area (Å²) in [6.45, 7) is 4.55. The molecule has 0 atom stereocenters. The first kappa shape index (κ1) is 36.1. The van der Waals surface area contributed by atoms with Crippen molar-refractivity contribution in [1.29, 1.82) is 0 Å². The van der Waals surface area contributed by atoms with Gasteiger partial charge in [-0.3, -0.25) is 14.9 Å². The van der Waals surface area contributed by atoms with E-state index in [0.717, 1.165) is 25.7 Å². The summed E-state index contributed by atoms with van der Waals surface area (Å²) in [4.78, 5) is 24.0. The van der Waals surface area contributed by atoms with Crippen molar-refractivity contribution in [2.45, 2.75) is 206 Å². The van der Waals surface area contributed by atoms with Gasteiger partial charge in [0.05, 0.1) is 0 Å². The predicted molar refractivity (Wildman–Crippen MR) is 163 cm³/mol. The van der Waals surface area contributed by atoms with E-state index in [1.807, 2.05) is 0 Å². The number of rotatable bonds is 30. The summed E-state index contributed by atoms with van der Waals surface area (Å²) >= 11 is 0. The van der Waals surface area contributed by atoms with E-state index in [1.165, 1.54) is 154 Å². The molecule has 0 aliphatic carbocycles. The number of unbranched alkanes of at least 4 members (excludes halogenated alkanes) is 26. The van der Waals surface area contributed by atoms with Gasteiger partial charge in [-0.15, -0.1) is 0 Å². The van der Waals surface area contributed by atoms with E-state index in [9.17, 15) is 9.59 Å². The largest absolute Gasteiger partial charge is 0.296 e. The van der Waals surface area contributed by atoms with Crippen molar-refractivity contribution in [3.05, 3.63) is 0 Å². The molecule has 0 saturated heterocycles. The molecule has 3 nitrogen and oxygen atoms in total. The van der Waals surface area contributed by atoms with Gasteiger partial charge in [0.15, 0.2) is 0 Å². The second kappa shape index (κ2) is 31.4. The molecule has 0 aromatic heterocycles. The molecule has 0 aromatic carbocycles. The van der Waals surface area contributed by atoms with Crippen molar-refractivity contribution < 1.29 is 9.59 Å². The molecule has 0 bridgehead atoms. The predicted octanol–water partition coefficient (Wildman–Crippen LogP) is 11.4. The monoisotopic (exact) mass is 522 g/mol. The van der Waals surface area contributed by atoms with Crippen LogP contribution in [0.1, 0.15) is 206 Å². The maximum atomic E-state index is 12.0. The minimum absolute atomic E-state index is 0.0746. The molecule has 0 aliphatic heterocycles. The van der Waals surface area contributed by atoms with Gasteiger partial charge in [0, 0.05) is 12.8 Å². The second-order valence-electron chi connectivity index (χ2n) is 11.7. The van der Waals surface area contributed by atoms with E-state index in [2.05, 4.69) is 19.2 Å². The number of hydrogen-bond acceptors (Lipinski definition) is 2. The summed E-state index contributed by atoms with van der Waals surface area (Å²) in [6, 6.07) is 0. The van der Waals surface area contributed by atoms with Crippen LogP contribution in [0.2, 0.25) is 0 Å². The number of nitrogens with one attached hydrogen (secondary N) is 1. The Labute approximate surface area is 233 Å². The lowest BCUT2D eigenvalue weighted by atomic mass is 10.0. The van der Waals surface area contributed by atoms with Crippen LogP contribution >= 0.6 is 0 Å². The van der Waals surface area contributed by atoms with Crippen molar-refractivity contribution >= 4 is 11.8 Å². The topological polar surface area (TPSA) is 46.2 Å². The van der Waals surface area contributed by atoms with E-state index in [0.29, 0.717) is 12.8 Å². The van der Waals surface area contributed by atoms with Crippen molar-refractivity contribution in [3.63, 3.8) is 0 Å². The molecule has 0 saturated carbocycles. The molecule has 0 rings (SSSR count). The van der Waals surface area contributed by atoms with Gasteiger partial charge in [-0.25, -0.2) is 0 Å². The smallest absolute Gasteiger partial charge is 0.226 e. The number of amides is 2.